The van der Waals surface area contributed by atoms with E-state index in [1.54, 1.807) is 11.3 Å². The number of nitrogens with zero attached hydrogens (tertiary/aromatic N) is 2. The molecule has 25 heavy (non-hydrogen) atoms. The van der Waals surface area contributed by atoms with E-state index in [0.29, 0.717) is 13.1 Å². The van der Waals surface area contributed by atoms with E-state index in [2.05, 4.69) is 41.4 Å². The van der Waals surface area contributed by atoms with Gasteiger partial charge in [0.2, 0.25) is 0 Å². The molecule has 136 valence electrons. The maximum atomic E-state index is 6.02. The maximum Gasteiger partial charge on any atom is 0.191 e. The zero-order chi connectivity index (χ0) is 18.1. The molecule has 2 aromatic rings. The molecule has 6 heteroatoms. The topological polar surface area (TPSA) is 58.5 Å². The van der Waals surface area contributed by atoms with Gasteiger partial charge >= 0.3 is 0 Å². The zero-order valence-electron chi connectivity index (χ0n) is 15.5. The lowest BCUT2D eigenvalue weighted by molar-refractivity contribution is 0.199. The van der Waals surface area contributed by atoms with E-state index in [1.165, 1.54) is 4.88 Å². The summed E-state index contributed by atoms with van der Waals surface area (Å²) in [6.07, 6.45) is 1.02. The number of hydrogen-bond donors (Lipinski definition) is 2. The van der Waals surface area contributed by atoms with E-state index < -0.39 is 0 Å². The molecular formula is C19H28N4OS. The highest BCUT2D eigenvalue weighted by Crippen LogP contribution is 2.17. The van der Waals surface area contributed by atoms with Gasteiger partial charge in [-0.15, -0.1) is 11.3 Å². The lowest BCUT2D eigenvalue weighted by Crippen LogP contribution is -2.42. The fourth-order valence-corrected chi connectivity index (χ4v) is 3.13. The number of para-hydroxylation sites is 1. The average Bonchev–Trinajstić information content (AvgIpc) is 2.95. The molecule has 0 fully saturated rings. The molecule has 0 aliphatic heterocycles. The number of thiazole rings is 1. The number of aromatic nitrogens is 1. The summed E-state index contributed by atoms with van der Waals surface area (Å²) < 4.78 is 6.02. The third kappa shape index (κ3) is 6.38. The largest absolute Gasteiger partial charge is 0.489 e. The molecule has 2 rings (SSSR count). The Balaban J connectivity index is 1.91. The highest BCUT2D eigenvalue weighted by Gasteiger charge is 2.10. The quantitative estimate of drug-likeness (QED) is 0.557. The second-order valence-electron chi connectivity index (χ2n) is 5.79. The highest BCUT2D eigenvalue weighted by atomic mass is 32.1. The molecule has 0 saturated carbocycles. The van der Waals surface area contributed by atoms with Crippen molar-refractivity contribution in [1.82, 2.24) is 15.6 Å². The van der Waals surface area contributed by atoms with Crippen LogP contribution in [0, 0.1) is 13.8 Å². The Kier molecular flexibility index (Phi) is 7.73. The van der Waals surface area contributed by atoms with E-state index >= 15 is 0 Å². The van der Waals surface area contributed by atoms with Crippen LogP contribution >= 0.6 is 11.3 Å². The molecule has 0 amide bonds. The van der Waals surface area contributed by atoms with Gasteiger partial charge < -0.3 is 15.4 Å². The van der Waals surface area contributed by atoms with Crippen LogP contribution < -0.4 is 15.4 Å². The van der Waals surface area contributed by atoms with Gasteiger partial charge in [-0.3, -0.25) is 0 Å². The van der Waals surface area contributed by atoms with Gasteiger partial charge in [-0.1, -0.05) is 25.1 Å². The Morgan fingerprint density at radius 1 is 1.20 bits per heavy atom. The molecule has 5 nitrogen and oxygen atoms in total. The summed E-state index contributed by atoms with van der Waals surface area (Å²) in [7, 11) is 0. The van der Waals surface area contributed by atoms with E-state index in [0.717, 1.165) is 35.4 Å². The van der Waals surface area contributed by atoms with Gasteiger partial charge in [0.05, 0.1) is 18.8 Å². The number of aliphatic imine (C=N–C) groups is 1. The smallest absolute Gasteiger partial charge is 0.191 e. The lowest BCUT2D eigenvalue weighted by atomic mass is 10.2. The summed E-state index contributed by atoms with van der Waals surface area (Å²) in [6.45, 7) is 10.4. The number of nitrogens with one attached hydrogen (secondary N) is 2. The minimum absolute atomic E-state index is 0.0932. The van der Waals surface area contributed by atoms with Gasteiger partial charge in [-0.2, -0.15) is 0 Å². The van der Waals surface area contributed by atoms with Crippen molar-refractivity contribution in [2.45, 2.75) is 46.8 Å². The van der Waals surface area contributed by atoms with Crippen LogP contribution in [0.4, 0.5) is 0 Å². The third-order valence-corrected chi connectivity index (χ3v) is 4.85. The molecule has 0 spiro atoms. The summed E-state index contributed by atoms with van der Waals surface area (Å²) in [5.41, 5.74) is 1.09. The predicted molar refractivity (Wildman–Crippen MR) is 106 cm³/mol. The molecule has 2 N–H and O–H groups in total. The van der Waals surface area contributed by atoms with Crippen LogP contribution in [0.1, 0.15) is 35.8 Å². The minimum atomic E-state index is 0.0932. The SMILES string of the molecule is CCNC(=NCc1nc(C)c(C)s1)NCC(CC)Oc1ccccc1. The first-order valence-corrected chi connectivity index (χ1v) is 9.60. The van der Waals surface area contributed by atoms with Crippen LogP contribution in [0.3, 0.4) is 0 Å². The van der Waals surface area contributed by atoms with Crippen molar-refractivity contribution in [3.05, 3.63) is 45.9 Å². The van der Waals surface area contributed by atoms with Crippen molar-refractivity contribution >= 4 is 17.3 Å². The van der Waals surface area contributed by atoms with Crippen LogP contribution in [-0.2, 0) is 6.54 Å². The van der Waals surface area contributed by atoms with E-state index in [4.69, 9.17) is 4.74 Å². The number of hydrogen-bond acceptors (Lipinski definition) is 4. The average molecular weight is 361 g/mol. The molecule has 0 saturated heterocycles. The summed E-state index contributed by atoms with van der Waals surface area (Å²) in [6, 6.07) is 9.92. The predicted octanol–water partition coefficient (Wildman–Crippen LogP) is 3.67. The number of guanidine groups is 1. The van der Waals surface area contributed by atoms with Gasteiger partial charge in [0.1, 0.15) is 16.9 Å². The number of ether oxygens (including phenoxy) is 1. The number of aryl methyl sites for hydroxylation is 2. The van der Waals surface area contributed by atoms with Crippen molar-refractivity contribution in [1.29, 1.82) is 0 Å². The summed E-state index contributed by atoms with van der Waals surface area (Å²) in [5, 5.41) is 7.69. The van der Waals surface area contributed by atoms with Crippen molar-refractivity contribution < 1.29 is 4.74 Å². The molecule has 1 aromatic heterocycles. The molecular weight excluding hydrogens is 332 g/mol. The molecule has 0 radical (unpaired) electrons. The number of benzene rings is 1. The van der Waals surface area contributed by atoms with Crippen LogP contribution in [0.15, 0.2) is 35.3 Å². The molecule has 1 aromatic carbocycles. The first-order valence-electron chi connectivity index (χ1n) is 8.79. The van der Waals surface area contributed by atoms with Crippen molar-refractivity contribution in [2.75, 3.05) is 13.1 Å². The van der Waals surface area contributed by atoms with Crippen LogP contribution in [0.25, 0.3) is 0 Å². The lowest BCUT2D eigenvalue weighted by Gasteiger charge is -2.19. The Bertz CT molecular complexity index is 650. The second-order valence-corrected chi connectivity index (χ2v) is 7.07. The normalized spacial score (nSPS) is 12.7. The molecule has 0 bridgehead atoms. The first-order chi connectivity index (χ1) is 12.1. The van der Waals surface area contributed by atoms with Crippen molar-refractivity contribution in [3.8, 4) is 5.75 Å². The van der Waals surface area contributed by atoms with Crippen LogP contribution in [-0.4, -0.2) is 30.1 Å². The van der Waals surface area contributed by atoms with Gasteiger partial charge in [0.25, 0.3) is 0 Å². The van der Waals surface area contributed by atoms with Crippen molar-refractivity contribution in [2.24, 2.45) is 4.99 Å². The molecule has 0 aliphatic rings. The molecule has 0 aliphatic carbocycles. The Labute approximate surface area is 154 Å². The number of rotatable bonds is 8. The monoisotopic (exact) mass is 360 g/mol. The summed E-state index contributed by atoms with van der Waals surface area (Å²) in [5.74, 6) is 1.69. The van der Waals surface area contributed by atoms with Gasteiger partial charge in [-0.05, 0) is 39.3 Å². The van der Waals surface area contributed by atoms with Gasteiger partial charge in [0, 0.05) is 11.4 Å². The molecule has 1 unspecified atom stereocenters. The van der Waals surface area contributed by atoms with Gasteiger partial charge in [0.15, 0.2) is 5.96 Å². The van der Waals surface area contributed by atoms with E-state index in [-0.39, 0.29) is 6.10 Å². The van der Waals surface area contributed by atoms with Gasteiger partial charge in [-0.25, -0.2) is 9.98 Å². The Morgan fingerprint density at radius 3 is 2.56 bits per heavy atom. The highest BCUT2D eigenvalue weighted by molar-refractivity contribution is 7.11. The second kappa shape index (κ2) is 10.0. The van der Waals surface area contributed by atoms with Crippen LogP contribution in [0.2, 0.25) is 0 Å². The minimum Gasteiger partial charge on any atom is -0.489 e. The van der Waals surface area contributed by atoms with E-state index in [9.17, 15) is 0 Å². The standard InChI is InChI=1S/C19H28N4OS/c1-5-16(24-17-10-8-7-9-11-17)12-21-19(20-6-2)22-13-18-23-14(3)15(4)25-18/h7-11,16H,5-6,12-13H2,1-4H3,(H2,20,21,22). The maximum absolute atomic E-state index is 6.02. The summed E-state index contributed by atoms with van der Waals surface area (Å²) in [4.78, 5) is 10.4. The zero-order valence-corrected chi connectivity index (χ0v) is 16.3. The Morgan fingerprint density at radius 2 is 1.96 bits per heavy atom. The van der Waals surface area contributed by atoms with Crippen LogP contribution in [0.5, 0.6) is 5.75 Å². The molecule has 1 heterocycles. The molecule has 1 atom stereocenters. The third-order valence-electron chi connectivity index (χ3n) is 3.79. The fraction of sp³-hybridized carbons (Fsp3) is 0.474. The van der Waals surface area contributed by atoms with E-state index in [1.807, 2.05) is 37.3 Å². The Hall–Kier alpha value is -2.08. The fourth-order valence-electron chi connectivity index (χ4n) is 2.27. The first kappa shape index (κ1) is 19.2. The summed E-state index contributed by atoms with van der Waals surface area (Å²) >= 11 is 1.71. The van der Waals surface area contributed by atoms with Crippen molar-refractivity contribution in [3.63, 3.8) is 0 Å².